The fourth-order valence-corrected chi connectivity index (χ4v) is 5.38. The van der Waals surface area contributed by atoms with Crippen molar-refractivity contribution in [3.05, 3.63) is 94.7 Å². The molecule has 1 aromatic heterocycles. The van der Waals surface area contributed by atoms with Crippen LogP contribution in [0.25, 0.3) is 11.0 Å². The Kier molecular flexibility index (Phi) is 6.90. The quantitative estimate of drug-likeness (QED) is 0.254. The van der Waals surface area contributed by atoms with Gasteiger partial charge >= 0.3 is 0 Å². The molecule has 3 aromatic carbocycles. The Hall–Kier alpha value is -3.32. The summed E-state index contributed by atoms with van der Waals surface area (Å²) >= 11 is 3.38. The number of sulfone groups is 1. The van der Waals surface area contributed by atoms with Gasteiger partial charge in [-0.15, -0.1) is 0 Å². The van der Waals surface area contributed by atoms with E-state index in [1.165, 1.54) is 36.4 Å². The number of hydrazone groups is 1. The van der Waals surface area contributed by atoms with Crippen molar-refractivity contribution in [2.75, 3.05) is 5.75 Å². The van der Waals surface area contributed by atoms with Crippen LogP contribution in [-0.2, 0) is 19.9 Å². The number of fused-ring (bicyclic) bond motifs is 1. The zero-order valence-electron chi connectivity index (χ0n) is 17.9. The first kappa shape index (κ1) is 24.8. The van der Waals surface area contributed by atoms with Gasteiger partial charge in [-0.1, -0.05) is 34.1 Å². The van der Waals surface area contributed by atoms with Gasteiger partial charge in [-0.3, -0.25) is 4.79 Å². The highest BCUT2D eigenvalue weighted by atomic mass is 79.9. The number of carbonyl (C=O) groups is 1. The number of carbonyl (C=O) groups excluding carboxylic acids is 1. The fourth-order valence-electron chi connectivity index (χ4n) is 3.18. The van der Waals surface area contributed by atoms with E-state index in [9.17, 15) is 21.6 Å². The number of hydrogen-bond donors (Lipinski definition) is 2. The first-order chi connectivity index (χ1) is 16.5. The molecule has 0 fully saturated rings. The van der Waals surface area contributed by atoms with Crippen molar-refractivity contribution in [1.82, 2.24) is 5.43 Å². The third kappa shape index (κ3) is 5.85. The predicted molar refractivity (Wildman–Crippen MR) is 134 cm³/mol. The number of benzene rings is 3. The number of furan rings is 1. The van der Waals surface area contributed by atoms with Gasteiger partial charge in [0.25, 0.3) is 5.91 Å². The van der Waals surface area contributed by atoms with Crippen LogP contribution in [-0.4, -0.2) is 34.2 Å². The molecule has 35 heavy (non-hydrogen) atoms. The smallest absolute Gasteiger partial charge is 0.271 e. The molecule has 0 saturated heterocycles. The van der Waals surface area contributed by atoms with Crippen LogP contribution >= 0.6 is 15.9 Å². The highest BCUT2D eigenvalue weighted by molar-refractivity contribution is 9.10. The summed E-state index contributed by atoms with van der Waals surface area (Å²) in [7, 11) is -7.73. The minimum absolute atomic E-state index is 0.0179. The second-order valence-corrected chi connectivity index (χ2v) is 11.9. The van der Waals surface area contributed by atoms with Gasteiger partial charge in [0.05, 0.1) is 9.79 Å². The number of amides is 1. The summed E-state index contributed by atoms with van der Waals surface area (Å²) in [6.45, 7) is 0. The van der Waals surface area contributed by atoms with Crippen molar-refractivity contribution < 1.29 is 26.0 Å². The van der Waals surface area contributed by atoms with Crippen LogP contribution in [0.3, 0.4) is 0 Å². The predicted octanol–water partition coefficient (Wildman–Crippen LogP) is 3.45. The topological polar surface area (TPSA) is 149 Å². The van der Waals surface area contributed by atoms with Gasteiger partial charge in [-0.25, -0.2) is 27.4 Å². The van der Waals surface area contributed by atoms with Crippen LogP contribution in [0.5, 0.6) is 0 Å². The second-order valence-electron chi connectivity index (χ2n) is 7.43. The van der Waals surface area contributed by atoms with Gasteiger partial charge in [-0.05, 0) is 60.7 Å². The monoisotopic (exact) mass is 575 g/mol. The summed E-state index contributed by atoms with van der Waals surface area (Å²) in [5.41, 5.74) is 2.91. The number of rotatable bonds is 7. The Morgan fingerprint density at radius 3 is 2.26 bits per heavy atom. The maximum absolute atomic E-state index is 13.0. The molecule has 0 spiro atoms. The molecule has 1 amide bonds. The average Bonchev–Trinajstić information content (AvgIpc) is 3.24. The first-order valence-corrected chi connectivity index (χ1v) is 14.0. The van der Waals surface area contributed by atoms with Crippen LogP contribution in [0.1, 0.15) is 16.1 Å². The van der Waals surface area contributed by atoms with Crippen LogP contribution in [0.2, 0.25) is 0 Å². The lowest BCUT2D eigenvalue weighted by Crippen LogP contribution is -2.24. The van der Waals surface area contributed by atoms with Gasteiger partial charge in [-0.2, -0.15) is 5.10 Å². The van der Waals surface area contributed by atoms with E-state index >= 15 is 0 Å². The van der Waals surface area contributed by atoms with Gasteiger partial charge in [0.1, 0.15) is 17.0 Å². The fraction of sp³-hybridized carbons (Fsp3) is 0.0435. The summed E-state index contributed by atoms with van der Waals surface area (Å²) in [4.78, 5) is 12.6. The number of nitrogens with zero attached hydrogens (tertiary/aromatic N) is 1. The van der Waals surface area contributed by atoms with E-state index in [0.29, 0.717) is 11.0 Å². The van der Waals surface area contributed by atoms with Gasteiger partial charge in [0.2, 0.25) is 10.0 Å². The molecule has 4 aromatic rings. The van der Waals surface area contributed by atoms with Crippen molar-refractivity contribution in [1.29, 1.82) is 0 Å². The molecule has 0 aliphatic heterocycles. The van der Waals surface area contributed by atoms with Gasteiger partial charge in [0.15, 0.2) is 15.6 Å². The number of nitrogens with two attached hydrogens (primary N) is 1. The minimum atomic E-state index is -3.91. The van der Waals surface area contributed by atoms with E-state index in [-0.39, 0.29) is 26.8 Å². The molecule has 0 atom stereocenters. The third-order valence-electron chi connectivity index (χ3n) is 4.93. The summed E-state index contributed by atoms with van der Waals surface area (Å²) in [6, 6.07) is 19.7. The Morgan fingerprint density at radius 2 is 1.60 bits per heavy atom. The molecule has 180 valence electrons. The standard InChI is InChI=1S/C23H18BrN3O6S2/c24-17-8-11-21-16(12-17)13-22(33-21)20(14-34(29,30)18-4-2-1-3-5-18)26-27-23(28)15-6-9-19(10-7-15)35(25,31)32/h1-13H,14H2,(H,27,28)(H2,25,31,32)/b26-20+. The number of nitrogens with one attached hydrogen (secondary N) is 1. The van der Waals surface area contributed by atoms with E-state index < -0.39 is 31.5 Å². The van der Waals surface area contributed by atoms with E-state index in [0.717, 1.165) is 4.47 Å². The highest BCUT2D eigenvalue weighted by Crippen LogP contribution is 2.25. The van der Waals surface area contributed by atoms with Gasteiger partial charge < -0.3 is 4.42 Å². The van der Waals surface area contributed by atoms with E-state index in [1.54, 1.807) is 42.5 Å². The number of halogens is 1. The Balaban J connectivity index is 1.68. The zero-order chi connectivity index (χ0) is 25.2. The Bertz CT molecular complexity index is 1650. The van der Waals surface area contributed by atoms with Crippen molar-refractivity contribution in [3.8, 4) is 0 Å². The molecule has 0 saturated carbocycles. The Labute approximate surface area is 209 Å². The molecule has 4 rings (SSSR count). The minimum Gasteiger partial charge on any atom is -0.455 e. The van der Waals surface area contributed by atoms with Gasteiger partial charge in [0, 0.05) is 15.4 Å². The molecule has 0 aliphatic carbocycles. The maximum Gasteiger partial charge on any atom is 0.271 e. The van der Waals surface area contributed by atoms with Crippen LogP contribution in [0.4, 0.5) is 0 Å². The SMILES string of the molecule is NS(=O)(=O)c1ccc(C(=O)N/N=C(\CS(=O)(=O)c2ccccc2)c2cc3cc(Br)ccc3o2)cc1. The largest absolute Gasteiger partial charge is 0.455 e. The zero-order valence-corrected chi connectivity index (χ0v) is 21.1. The van der Waals surface area contributed by atoms with E-state index in [4.69, 9.17) is 9.56 Å². The normalized spacial score (nSPS) is 12.6. The van der Waals surface area contributed by atoms with E-state index in [1.807, 2.05) is 0 Å². The maximum atomic E-state index is 13.0. The Morgan fingerprint density at radius 1 is 0.914 bits per heavy atom. The molecule has 3 N–H and O–H groups in total. The number of primary sulfonamides is 1. The summed E-state index contributed by atoms with van der Waals surface area (Å²) in [5, 5.41) is 9.84. The van der Waals surface area contributed by atoms with E-state index in [2.05, 4.69) is 26.5 Å². The molecule has 0 bridgehead atoms. The second kappa shape index (κ2) is 9.74. The molecule has 12 heteroatoms. The third-order valence-corrected chi connectivity index (χ3v) is 8.00. The molecule has 0 aliphatic rings. The summed E-state index contributed by atoms with van der Waals surface area (Å²) in [5.74, 6) is -1.05. The van der Waals surface area contributed by atoms with Crippen molar-refractivity contribution in [2.24, 2.45) is 10.2 Å². The average molecular weight is 576 g/mol. The lowest BCUT2D eigenvalue weighted by molar-refractivity contribution is 0.0954. The van der Waals surface area contributed by atoms with Crippen molar-refractivity contribution >= 4 is 58.4 Å². The molecule has 0 unspecified atom stereocenters. The lowest BCUT2D eigenvalue weighted by atomic mass is 10.2. The first-order valence-electron chi connectivity index (χ1n) is 10.00. The lowest BCUT2D eigenvalue weighted by Gasteiger charge is -2.07. The molecule has 9 nitrogen and oxygen atoms in total. The number of sulfonamides is 1. The molecular formula is C23H18BrN3O6S2. The van der Waals surface area contributed by atoms with Crippen LogP contribution < -0.4 is 10.6 Å². The molecular weight excluding hydrogens is 558 g/mol. The van der Waals surface area contributed by atoms with Crippen LogP contribution in [0, 0.1) is 0 Å². The summed E-state index contributed by atoms with van der Waals surface area (Å²) < 4.78 is 55.5. The number of hydrogen-bond acceptors (Lipinski definition) is 7. The highest BCUT2D eigenvalue weighted by Gasteiger charge is 2.22. The van der Waals surface area contributed by atoms with Crippen LogP contribution in [0.15, 0.2) is 103 Å². The van der Waals surface area contributed by atoms with Crippen molar-refractivity contribution in [2.45, 2.75) is 9.79 Å². The molecule has 0 radical (unpaired) electrons. The van der Waals surface area contributed by atoms with Crippen molar-refractivity contribution in [3.63, 3.8) is 0 Å². The summed E-state index contributed by atoms with van der Waals surface area (Å²) in [6.07, 6.45) is 0. The molecule has 1 heterocycles.